The molecule has 4 aromatic rings. The molecule has 184 valence electrons. The average Bonchev–Trinajstić information content (AvgIpc) is 3.52. The van der Waals surface area contributed by atoms with Crippen LogP contribution in [-0.4, -0.2) is 62.2 Å². The Bertz CT molecular complexity index is 1520. The number of para-hydroxylation sites is 1. The molecular weight excluding hydrogens is 456 g/mol. The van der Waals surface area contributed by atoms with E-state index in [9.17, 15) is 19.8 Å². The highest BCUT2D eigenvalue weighted by Gasteiger charge is 2.35. The number of aromatic amines is 1. The molecule has 0 radical (unpaired) electrons. The van der Waals surface area contributed by atoms with Crippen LogP contribution in [0.3, 0.4) is 0 Å². The van der Waals surface area contributed by atoms with Gasteiger partial charge in [0.05, 0.1) is 22.8 Å². The molecule has 2 aromatic heterocycles. The quantitative estimate of drug-likeness (QED) is 0.314. The summed E-state index contributed by atoms with van der Waals surface area (Å²) in [6.07, 6.45) is 6.47. The molecule has 1 fully saturated rings. The Balaban J connectivity index is 1.46. The number of aliphatic hydroxyl groups is 1. The fraction of sp³-hybridized carbons (Fsp3) is 0.286. The van der Waals surface area contributed by atoms with E-state index in [0.29, 0.717) is 40.9 Å². The molecule has 8 nitrogen and oxygen atoms in total. The van der Waals surface area contributed by atoms with Crippen LogP contribution in [-0.2, 0) is 16.1 Å². The van der Waals surface area contributed by atoms with Gasteiger partial charge in [-0.25, -0.2) is 0 Å². The molecule has 4 heterocycles. The van der Waals surface area contributed by atoms with Gasteiger partial charge < -0.3 is 24.7 Å². The van der Waals surface area contributed by atoms with Crippen molar-refractivity contribution in [2.75, 3.05) is 19.6 Å². The Hall–Kier alpha value is -3.88. The SMILES string of the molecule is O=C1NC(=O)C(c2cn(CC(O)CN3CCCCC3)c3cc(O)ccc23)=C1c1c[nH]c2ccccc12. The first-order valence-electron chi connectivity index (χ1n) is 12.4. The van der Waals surface area contributed by atoms with Crippen molar-refractivity contribution in [2.24, 2.45) is 0 Å². The van der Waals surface area contributed by atoms with Crippen LogP contribution < -0.4 is 5.32 Å². The number of aromatic nitrogens is 2. The number of carbonyl (C=O) groups excluding carboxylic acids is 2. The zero-order valence-electron chi connectivity index (χ0n) is 19.8. The van der Waals surface area contributed by atoms with Crippen LogP contribution in [0.5, 0.6) is 5.75 Å². The third kappa shape index (κ3) is 3.88. The molecule has 4 N–H and O–H groups in total. The molecule has 2 aromatic carbocycles. The number of piperidine rings is 1. The summed E-state index contributed by atoms with van der Waals surface area (Å²) in [5.74, 6) is -0.803. The second kappa shape index (κ2) is 8.96. The minimum absolute atomic E-state index is 0.0942. The molecule has 6 rings (SSSR count). The van der Waals surface area contributed by atoms with Gasteiger partial charge in [-0.1, -0.05) is 24.6 Å². The Morgan fingerprint density at radius 2 is 1.64 bits per heavy atom. The van der Waals surface area contributed by atoms with Crippen LogP contribution in [0.25, 0.3) is 33.0 Å². The Kier molecular flexibility index (Phi) is 5.62. The highest BCUT2D eigenvalue weighted by molar-refractivity contribution is 6.50. The summed E-state index contributed by atoms with van der Waals surface area (Å²) < 4.78 is 1.87. The largest absolute Gasteiger partial charge is 0.508 e. The van der Waals surface area contributed by atoms with Crippen LogP contribution in [0, 0.1) is 0 Å². The van der Waals surface area contributed by atoms with Crippen LogP contribution in [0.4, 0.5) is 0 Å². The number of nitrogens with one attached hydrogen (secondary N) is 2. The van der Waals surface area contributed by atoms with Crippen molar-refractivity contribution in [3.8, 4) is 5.75 Å². The van der Waals surface area contributed by atoms with Crippen molar-refractivity contribution < 1.29 is 19.8 Å². The number of likely N-dealkylation sites (tertiary alicyclic amines) is 1. The minimum Gasteiger partial charge on any atom is -0.508 e. The van der Waals surface area contributed by atoms with Gasteiger partial charge in [0.25, 0.3) is 11.8 Å². The molecule has 0 saturated carbocycles. The predicted molar refractivity (Wildman–Crippen MR) is 138 cm³/mol. The molecule has 1 atom stereocenters. The van der Waals surface area contributed by atoms with Crippen LogP contribution in [0.1, 0.15) is 30.4 Å². The van der Waals surface area contributed by atoms with Gasteiger partial charge in [0.2, 0.25) is 0 Å². The number of phenolic OH excluding ortho intramolecular Hbond substituents is 1. The third-order valence-corrected chi connectivity index (χ3v) is 7.25. The summed E-state index contributed by atoms with van der Waals surface area (Å²) in [5.41, 5.74) is 3.44. The summed E-state index contributed by atoms with van der Waals surface area (Å²) in [6.45, 7) is 2.84. The van der Waals surface area contributed by atoms with E-state index in [2.05, 4.69) is 15.2 Å². The van der Waals surface area contributed by atoms with Crippen LogP contribution in [0.2, 0.25) is 0 Å². The van der Waals surface area contributed by atoms with Crippen molar-refractivity contribution >= 4 is 44.8 Å². The van der Waals surface area contributed by atoms with Crippen LogP contribution in [0.15, 0.2) is 54.9 Å². The number of aromatic hydroxyl groups is 1. The molecular formula is C28H28N4O4. The number of imide groups is 1. The van der Waals surface area contributed by atoms with Gasteiger partial charge in [-0.05, 0) is 44.1 Å². The Morgan fingerprint density at radius 1 is 0.889 bits per heavy atom. The van der Waals surface area contributed by atoms with Gasteiger partial charge in [0.15, 0.2) is 0 Å². The maximum Gasteiger partial charge on any atom is 0.259 e. The lowest BCUT2D eigenvalue weighted by molar-refractivity contribution is -0.122. The first-order valence-corrected chi connectivity index (χ1v) is 12.4. The number of aliphatic hydroxyl groups excluding tert-OH is 1. The summed E-state index contributed by atoms with van der Waals surface area (Å²) in [6, 6.07) is 12.6. The molecule has 36 heavy (non-hydrogen) atoms. The van der Waals surface area contributed by atoms with Gasteiger partial charge in [-0.3, -0.25) is 14.9 Å². The molecule has 2 aliphatic heterocycles. The smallest absolute Gasteiger partial charge is 0.259 e. The highest BCUT2D eigenvalue weighted by atomic mass is 16.3. The topological polar surface area (TPSA) is 111 Å². The second-order valence-electron chi connectivity index (χ2n) is 9.69. The van der Waals surface area contributed by atoms with Crippen LogP contribution >= 0.6 is 0 Å². The number of β-amino-alcohol motifs (C(OH)–C–C–N with tert-alkyl or cyclic N) is 1. The number of nitrogens with zero attached hydrogens (tertiary/aromatic N) is 2. The maximum atomic E-state index is 13.1. The lowest BCUT2D eigenvalue weighted by Crippen LogP contribution is -2.37. The van der Waals surface area contributed by atoms with Gasteiger partial charge in [-0.2, -0.15) is 0 Å². The molecule has 8 heteroatoms. The molecule has 0 aliphatic carbocycles. The maximum absolute atomic E-state index is 13.1. The standard InChI is InChI=1S/C28H28N4O4/c33-17-8-9-20-22(16-32(24(20)12-17)15-18(34)14-31-10-4-1-5-11-31)26-25(27(35)30-28(26)36)21-13-29-23-7-3-2-6-19(21)23/h2-3,6-9,12-13,16,18,29,33-34H,1,4-5,10-11,14-15H2,(H,30,35,36). The first kappa shape index (κ1) is 22.6. The number of H-pyrrole nitrogens is 1. The zero-order chi connectivity index (χ0) is 24.8. The molecule has 2 amide bonds. The normalized spacial score (nSPS) is 17.9. The molecule has 1 unspecified atom stereocenters. The summed E-state index contributed by atoms with van der Waals surface area (Å²) in [4.78, 5) is 31.6. The predicted octanol–water partition coefficient (Wildman–Crippen LogP) is 3.24. The fourth-order valence-electron chi connectivity index (χ4n) is 5.60. The summed E-state index contributed by atoms with van der Waals surface area (Å²) >= 11 is 0. The van der Waals surface area contributed by atoms with Gasteiger partial charge in [0, 0.05) is 59.0 Å². The van der Waals surface area contributed by atoms with E-state index in [1.54, 1.807) is 24.4 Å². The van der Waals surface area contributed by atoms with Crippen molar-refractivity contribution in [1.82, 2.24) is 19.8 Å². The van der Waals surface area contributed by atoms with E-state index >= 15 is 0 Å². The number of hydrogen-bond acceptors (Lipinski definition) is 5. The van der Waals surface area contributed by atoms with Gasteiger partial charge in [0.1, 0.15) is 5.75 Å². The zero-order valence-corrected chi connectivity index (χ0v) is 19.8. The lowest BCUT2D eigenvalue weighted by atomic mass is 9.95. The summed E-state index contributed by atoms with van der Waals surface area (Å²) in [5, 5.41) is 25.2. The number of rotatable bonds is 6. The van der Waals surface area contributed by atoms with E-state index < -0.39 is 17.9 Å². The van der Waals surface area contributed by atoms with E-state index in [1.165, 1.54) is 6.42 Å². The number of phenols is 1. The van der Waals surface area contributed by atoms with E-state index in [0.717, 1.165) is 42.2 Å². The van der Waals surface area contributed by atoms with Crippen molar-refractivity contribution in [3.05, 3.63) is 66.0 Å². The second-order valence-corrected chi connectivity index (χ2v) is 9.69. The lowest BCUT2D eigenvalue weighted by Gasteiger charge is -2.28. The highest BCUT2D eigenvalue weighted by Crippen LogP contribution is 2.39. The number of benzene rings is 2. The monoisotopic (exact) mass is 484 g/mol. The average molecular weight is 485 g/mol. The van der Waals surface area contributed by atoms with Crippen molar-refractivity contribution in [3.63, 3.8) is 0 Å². The van der Waals surface area contributed by atoms with Crippen molar-refractivity contribution in [2.45, 2.75) is 31.9 Å². The van der Waals surface area contributed by atoms with E-state index in [1.807, 2.05) is 35.0 Å². The summed E-state index contributed by atoms with van der Waals surface area (Å²) in [7, 11) is 0. The minimum atomic E-state index is -0.616. The number of hydrogen-bond donors (Lipinski definition) is 4. The van der Waals surface area contributed by atoms with Gasteiger partial charge >= 0.3 is 0 Å². The van der Waals surface area contributed by atoms with Crippen molar-refractivity contribution in [1.29, 1.82) is 0 Å². The number of amides is 2. The van der Waals surface area contributed by atoms with E-state index in [-0.39, 0.29) is 5.75 Å². The fourth-order valence-corrected chi connectivity index (χ4v) is 5.60. The third-order valence-electron chi connectivity index (χ3n) is 7.25. The first-order chi connectivity index (χ1) is 17.5. The van der Waals surface area contributed by atoms with Gasteiger partial charge in [-0.15, -0.1) is 0 Å². The Morgan fingerprint density at radius 3 is 2.44 bits per heavy atom. The molecule has 0 bridgehead atoms. The molecule has 1 saturated heterocycles. The number of carbonyl (C=O) groups is 2. The molecule has 2 aliphatic rings. The van der Waals surface area contributed by atoms with E-state index in [4.69, 9.17) is 0 Å². The number of fused-ring (bicyclic) bond motifs is 2. The Labute approximate surface area is 207 Å². The molecule has 0 spiro atoms.